The molecule has 1 amide bonds. The molecule has 3 nitrogen and oxygen atoms in total. The van der Waals surface area contributed by atoms with E-state index in [2.05, 4.69) is 5.32 Å². The molecule has 1 fully saturated rings. The monoisotopic (exact) mass is 251 g/mol. The average molecular weight is 251 g/mol. The Kier molecular flexibility index (Phi) is 3.66. The third-order valence-corrected chi connectivity index (χ3v) is 3.22. The summed E-state index contributed by atoms with van der Waals surface area (Å²) in [4.78, 5) is 12.1. The number of hydrogen-bond donors (Lipinski definition) is 1. The number of carbonyl (C=O) groups excluding carboxylic acids is 1. The summed E-state index contributed by atoms with van der Waals surface area (Å²) in [5.74, 6) is -0.859. The normalized spacial score (nSPS) is 23.7. The summed E-state index contributed by atoms with van der Waals surface area (Å²) in [6.07, 6.45) is 1.76. The summed E-state index contributed by atoms with van der Waals surface area (Å²) in [5, 5.41) is 2.88. The predicted molar refractivity (Wildman–Crippen MR) is 67.1 cm³/mol. The smallest absolute Gasteiger partial charge is 0.254 e. The molecule has 1 aromatic rings. The first-order valence-electron chi connectivity index (χ1n) is 6.17. The Morgan fingerprint density at radius 1 is 1.50 bits per heavy atom. The van der Waals surface area contributed by atoms with Crippen molar-refractivity contribution in [3.8, 4) is 0 Å². The van der Waals surface area contributed by atoms with Gasteiger partial charge in [0.25, 0.3) is 5.91 Å². The molecule has 1 aliphatic heterocycles. The van der Waals surface area contributed by atoms with Gasteiger partial charge < -0.3 is 10.1 Å². The van der Waals surface area contributed by atoms with Crippen LogP contribution in [-0.2, 0) is 4.74 Å². The van der Waals surface area contributed by atoms with Crippen molar-refractivity contribution in [2.45, 2.75) is 32.2 Å². The largest absolute Gasteiger partial charge is 0.379 e. The highest BCUT2D eigenvalue weighted by Crippen LogP contribution is 2.19. The highest BCUT2D eigenvalue weighted by atomic mass is 19.1. The second kappa shape index (κ2) is 5.06. The molecule has 98 valence electrons. The van der Waals surface area contributed by atoms with Crippen LogP contribution in [0.25, 0.3) is 0 Å². The van der Waals surface area contributed by atoms with E-state index in [4.69, 9.17) is 4.74 Å². The van der Waals surface area contributed by atoms with Crippen LogP contribution in [0.15, 0.2) is 18.2 Å². The van der Waals surface area contributed by atoms with E-state index in [1.165, 1.54) is 6.07 Å². The lowest BCUT2D eigenvalue weighted by atomic mass is 9.94. The molecule has 1 heterocycles. The van der Waals surface area contributed by atoms with Crippen molar-refractivity contribution < 1.29 is 13.9 Å². The third kappa shape index (κ3) is 2.88. The molecule has 18 heavy (non-hydrogen) atoms. The first-order chi connectivity index (χ1) is 8.50. The summed E-state index contributed by atoms with van der Waals surface area (Å²) in [6, 6.07) is 4.54. The molecule has 1 aromatic carbocycles. The summed E-state index contributed by atoms with van der Waals surface area (Å²) in [6.45, 7) is 4.97. The van der Waals surface area contributed by atoms with Crippen molar-refractivity contribution >= 4 is 5.91 Å². The van der Waals surface area contributed by atoms with Crippen LogP contribution < -0.4 is 5.32 Å². The van der Waals surface area contributed by atoms with Gasteiger partial charge in [-0.2, -0.15) is 0 Å². The van der Waals surface area contributed by atoms with E-state index < -0.39 is 11.4 Å². The zero-order valence-corrected chi connectivity index (χ0v) is 10.8. The molecule has 1 atom stereocenters. The molecule has 0 bridgehead atoms. The number of aryl methyl sites for hydroxylation is 1. The lowest BCUT2D eigenvalue weighted by Crippen LogP contribution is -2.51. The van der Waals surface area contributed by atoms with Gasteiger partial charge in [-0.1, -0.05) is 11.6 Å². The SMILES string of the molecule is Cc1ccc(F)c(C(=O)NC2(C)CCCOC2)c1. The van der Waals surface area contributed by atoms with Crippen LogP contribution in [0.5, 0.6) is 0 Å². The Hall–Kier alpha value is -1.42. The Labute approximate surface area is 106 Å². The van der Waals surface area contributed by atoms with Crippen LogP contribution in [0.1, 0.15) is 35.7 Å². The van der Waals surface area contributed by atoms with Crippen molar-refractivity contribution in [1.82, 2.24) is 5.32 Å². The van der Waals surface area contributed by atoms with E-state index in [9.17, 15) is 9.18 Å². The van der Waals surface area contributed by atoms with Crippen molar-refractivity contribution in [3.05, 3.63) is 35.1 Å². The van der Waals surface area contributed by atoms with Gasteiger partial charge in [-0.05, 0) is 38.8 Å². The molecule has 2 rings (SSSR count). The number of halogens is 1. The molecule has 4 heteroatoms. The van der Waals surface area contributed by atoms with E-state index in [0.29, 0.717) is 6.61 Å². The second-order valence-corrected chi connectivity index (χ2v) is 5.15. The molecule has 0 aliphatic carbocycles. The van der Waals surface area contributed by atoms with Gasteiger partial charge >= 0.3 is 0 Å². The highest BCUT2D eigenvalue weighted by Gasteiger charge is 2.30. The maximum absolute atomic E-state index is 13.6. The molecule has 1 aliphatic rings. The molecule has 1 unspecified atom stereocenters. The van der Waals surface area contributed by atoms with E-state index in [1.54, 1.807) is 12.1 Å². The van der Waals surface area contributed by atoms with Crippen LogP contribution in [0.2, 0.25) is 0 Å². The van der Waals surface area contributed by atoms with Gasteiger partial charge in [-0.25, -0.2) is 4.39 Å². The maximum Gasteiger partial charge on any atom is 0.254 e. The minimum absolute atomic E-state index is 0.0989. The van der Waals surface area contributed by atoms with Crippen LogP contribution in [0.4, 0.5) is 4.39 Å². The van der Waals surface area contributed by atoms with Crippen LogP contribution in [0.3, 0.4) is 0 Å². The summed E-state index contributed by atoms with van der Waals surface area (Å²) in [5.41, 5.74) is 0.569. The summed E-state index contributed by atoms with van der Waals surface area (Å²) in [7, 11) is 0. The standard InChI is InChI=1S/C14H18FNO2/c1-10-4-5-12(15)11(8-10)13(17)16-14(2)6-3-7-18-9-14/h4-5,8H,3,6-7,9H2,1-2H3,(H,16,17). The topological polar surface area (TPSA) is 38.3 Å². The lowest BCUT2D eigenvalue weighted by molar-refractivity contribution is 0.0271. The fraction of sp³-hybridized carbons (Fsp3) is 0.500. The van der Waals surface area contributed by atoms with E-state index >= 15 is 0 Å². The van der Waals surface area contributed by atoms with Gasteiger partial charge in [0.15, 0.2) is 0 Å². The van der Waals surface area contributed by atoms with Gasteiger partial charge in [0.05, 0.1) is 17.7 Å². The van der Waals surface area contributed by atoms with Gasteiger partial charge in [0, 0.05) is 6.61 Å². The molecule has 0 radical (unpaired) electrons. The van der Waals surface area contributed by atoms with Crippen LogP contribution >= 0.6 is 0 Å². The lowest BCUT2D eigenvalue weighted by Gasteiger charge is -2.34. The Bertz CT molecular complexity index is 453. The molecular weight excluding hydrogens is 233 g/mol. The zero-order chi connectivity index (χ0) is 13.2. The Morgan fingerprint density at radius 3 is 2.94 bits per heavy atom. The van der Waals surface area contributed by atoms with E-state index in [1.807, 2.05) is 13.8 Å². The molecule has 0 saturated carbocycles. The van der Waals surface area contributed by atoms with E-state index in [-0.39, 0.29) is 11.5 Å². The number of amides is 1. The minimum atomic E-state index is -0.488. The molecule has 0 spiro atoms. The second-order valence-electron chi connectivity index (χ2n) is 5.15. The van der Waals surface area contributed by atoms with Gasteiger partial charge in [-0.15, -0.1) is 0 Å². The number of rotatable bonds is 2. The quantitative estimate of drug-likeness (QED) is 0.876. The van der Waals surface area contributed by atoms with Crippen molar-refractivity contribution in [3.63, 3.8) is 0 Å². The molecule has 1 N–H and O–H groups in total. The fourth-order valence-corrected chi connectivity index (χ4v) is 2.19. The molecule has 0 aromatic heterocycles. The Balaban J connectivity index is 2.14. The molecule has 1 saturated heterocycles. The number of hydrogen-bond acceptors (Lipinski definition) is 2. The molecular formula is C14H18FNO2. The third-order valence-electron chi connectivity index (χ3n) is 3.22. The minimum Gasteiger partial charge on any atom is -0.379 e. The van der Waals surface area contributed by atoms with E-state index in [0.717, 1.165) is 25.0 Å². The van der Waals surface area contributed by atoms with Gasteiger partial charge in [0.2, 0.25) is 0 Å². The van der Waals surface area contributed by atoms with Gasteiger partial charge in [0.1, 0.15) is 5.82 Å². The first-order valence-corrected chi connectivity index (χ1v) is 6.17. The number of benzene rings is 1. The highest BCUT2D eigenvalue weighted by molar-refractivity contribution is 5.95. The average Bonchev–Trinajstić information content (AvgIpc) is 2.32. The van der Waals surface area contributed by atoms with Crippen LogP contribution in [-0.4, -0.2) is 24.7 Å². The fourth-order valence-electron chi connectivity index (χ4n) is 2.19. The van der Waals surface area contributed by atoms with Crippen molar-refractivity contribution in [2.24, 2.45) is 0 Å². The first kappa shape index (κ1) is 13.0. The zero-order valence-electron chi connectivity index (χ0n) is 10.8. The van der Waals surface area contributed by atoms with Crippen molar-refractivity contribution in [2.75, 3.05) is 13.2 Å². The van der Waals surface area contributed by atoms with Crippen molar-refractivity contribution in [1.29, 1.82) is 0 Å². The number of ether oxygens (including phenoxy) is 1. The van der Waals surface area contributed by atoms with Gasteiger partial charge in [-0.3, -0.25) is 4.79 Å². The maximum atomic E-state index is 13.6. The Morgan fingerprint density at radius 2 is 2.28 bits per heavy atom. The number of nitrogens with one attached hydrogen (secondary N) is 1. The van der Waals surface area contributed by atoms with Crippen LogP contribution in [0, 0.1) is 12.7 Å². The predicted octanol–water partition coefficient (Wildman–Crippen LogP) is 2.43. The summed E-state index contributed by atoms with van der Waals surface area (Å²) < 4.78 is 19.0. The summed E-state index contributed by atoms with van der Waals surface area (Å²) >= 11 is 0. The number of carbonyl (C=O) groups is 1.